The largest absolute Gasteiger partial charge is 0.573 e. The Hall–Kier alpha value is -3.14. The standard InChI is InChI=1S/C24H26F3N3O3/c1-16(2)29-22(32)30-23(14-17-7-4-3-5-8-17,21-12-11-19(31)15-28-21)18-9-6-10-20(13-18)33-24(25,26)27/h3-13,15-16,22,29-32H,14H2,1-2H3/t22-,23?/m0/s1. The lowest BCUT2D eigenvalue weighted by atomic mass is 9.80. The Bertz CT molecular complexity index is 1030. The fourth-order valence-corrected chi connectivity index (χ4v) is 3.64. The molecule has 0 saturated heterocycles. The number of benzene rings is 2. The van der Waals surface area contributed by atoms with E-state index in [4.69, 9.17) is 0 Å². The Morgan fingerprint density at radius 1 is 1.00 bits per heavy atom. The van der Waals surface area contributed by atoms with Crippen LogP contribution >= 0.6 is 0 Å². The lowest BCUT2D eigenvalue weighted by Crippen LogP contribution is -2.57. The van der Waals surface area contributed by atoms with Crippen molar-refractivity contribution in [2.24, 2.45) is 0 Å². The summed E-state index contributed by atoms with van der Waals surface area (Å²) in [4.78, 5) is 4.35. The van der Waals surface area contributed by atoms with E-state index in [-0.39, 0.29) is 18.2 Å². The second kappa shape index (κ2) is 10.2. The number of ether oxygens (including phenoxy) is 1. The minimum absolute atomic E-state index is 0.0672. The Kier molecular flexibility index (Phi) is 7.57. The van der Waals surface area contributed by atoms with Crippen LogP contribution in [0.1, 0.15) is 30.7 Å². The molecule has 2 atom stereocenters. The van der Waals surface area contributed by atoms with Gasteiger partial charge in [0.2, 0.25) is 0 Å². The average Bonchev–Trinajstić information content (AvgIpc) is 2.73. The molecule has 0 aliphatic carbocycles. The highest BCUT2D eigenvalue weighted by molar-refractivity contribution is 5.42. The molecule has 1 heterocycles. The minimum atomic E-state index is -4.86. The maximum absolute atomic E-state index is 12.9. The van der Waals surface area contributed by atoms with Gasteiger partial charge in [-0.25, -0.2) is 0 Å². The number of nitrogens with zero attached hydrogens (tertiary/aromatic N) is 1. The van der Waals surface area contributed by atoms with Gasteiger partial charge < -0.3 is 14.9 Å². The molecule has 3 rings (SSSR count). The van der Waals surface area contributed by atoms with Crippen LogP contribution in [0.15, 0.2) is 72.9 Å². The third-order valence-corrected chi connectivity index (χ3v) is 4.93. The maximum atomic E-state index is 12.9. The summed E-state index contributed by atoms with van der Waals surface area (Å²) in [5, 5.41) is 26.6. The first-order chi connectivity index (χ1) is 15.6. The van der Waals surface area contributed by atoms with Crippen LogP contribution in [-0.2, 0) is 12.0 Å². The molecule has 176 valence electrons. The fraction of sp³-hybridized carbons (Fsp3) is 0.292. The number of nitrogens with one attached hydrogen (secondary N) is 2. The molecule has 0 saturated carbocycles. The number of halogens is 3. The number of rotatable bonds is 9. The van der Waals surface area contributed by atoms with Crippen LogP contribution in [0.2, 0.25) is 0 Å². The van der Waals surface area contributed by atoms with Crippen molar-refractivity contribution in [1.29, 1.82) is 0 Å². The second-order valence-electron chi connectivity index (χ2n) is 7.91. The molecule has 0 aliphatic heterocycles. The third kappa shape index (κ3) is 6.67. The summed E-state index contributed by atoms with van der Waals surface area (Å²) in [7, 11) is 0. The van der Waals surface area contributed by atoms with Crippen molar-refractivity contribution in [2.45, 2.75) is 44.6 Å². The minimum Gasteiger partial charge on any atom is -0.506 e. The lowest BCUT2D eigenvalue weighted by molar-refractivity contribution is -0.274. The number of aromatic hydroxyl groups is 1. The van der Waals surface area contributed by atoms with Crippen LogP contribution in [0.25, 0.3) is 0 Å². The first-order valence-electron chi connectivity index (χ1n) is 10.3. The van der Waals surface area contributed by atoms with Gasteiger partial charge in [0.15, 0.2) is 6.35 Å². The number of pyridine rings is 1. The van der Waals surface area contributed by atoms with Crippen LogP contribution in [-0.4, -0.2) is 34.0 Å². The molecule has 33 heavy (non-hydrogen) atoms. The lowest BCUT2D eigenvalue weighted by Gasteiger charge is -2.38. The van der Waals surface area contributed by atoms with Gasteiger partial charge in [-0.15, -0.1) is 13.2 Å². The van der Waals surface area contributed by atoms with Gasteiger partial charge in [-0.1, -0.05) is 42.5 Å². The van der Waals surface area contributed by atoms with E-state index in [1.807, 2.05) is 44.2 Å². The number of aliphatic hydroxyl groups excluding tert-OH is 1. The highest BCUT2D eigenvalue weighted by Gasteiger charge is 2.39. The van der Waals surface area contributed by atoms with Gasteiger partial charge in [-0.2, -0.15) is 0 Å². The fourth-order valence-electron chi connectivity index (χ4n) is 3.64. The van der Waals surface area contributed by atoms with E-state index in [0.29, 0.717) is 11.3 Å². The molecule has 2 aromatic carbocycles. The first-order valence-corrected chi connectivity index (χ1v) is 10.3. The van der Waals surface area contributed by atoms with Crippen molar-refractivity contribution in [2.75, 3.05) is 0 Å². The van der Waals surface area contributed by atoms with Crippen LogP contribution in [0.3, 0.4) is 0 Å². The molecule has 4 N–H and O–H groups in total. The van der Waals surface area contributed by atoms with Gasteiger partial charge in [0.25, 0.3) is 0 Å². The summed E-state index contributed by atoms with van der Waals surface area (Å²) in [5.74, 6) is -0.466. The van der Waals surface area contributed by atoms with Gasteiger partial charge in [0.05, 0.1) is 17.4 Å². The predicted octanol–water partition coefficient (Wildman–Crippen LogP) is 4.04. The first kappa shape index (κ1) is 24.5. The van der Waals surface area contributed by atoms with Crippen molar-refractivity contribution >= 4 is 0 Å². The molecule has 6 nitrogen and oxygen atoms in total. The van der Waals surface area contributed by atoms with Crippen LogP contribution in [0.4, 0.5) is 13.2 Å². The van der Waals surface area contributed by atoms with Crippen molar-refractivity contribution in [3.8, 4) is 11.5 Å². The van der Waals surface area contributed by atoms with Gasteiger partial charge in [0.1, 0.15) is 11.5 Å². The number of hydrogen-bond donors (Lipinski definition) is 4. The van der Waals surface area contributed by atoms with E-state index in [1.54, 1.807) is 12.1 Å². The summed E-state index contributed by atoms with van der Waals surface area (Å²) < 4.78 is 42.9. The SMILES string of the molecule is CC(C)N[C@H](O)NC(Cc1ccccc1)(c1cccc(OC(F)(F)F)c1)c1ccc(O)cn1. The van der Waals surface area contributed by atoms with Gasteiger partial charge >= 0.3 is 6.36 Å². The molecular weight excluding hydrogens is 435 g/mol. The summed E-state index contributed by atoms with van der Waals surface area (Å²) in [5.41, 5.74) is 0.342. The predicted molar refractivity (Wildman–Crippen MR) is 117 cm³/mol. The third-order valence-electron chi connectivity index (χ3n) is 4.93. The average molecular weight is 461 g/mol. The molecule has 0 fully saturated rings. The zero-order valence-corrected chi connectivity index (χ0v) is 18.2. The van der Waals surface area contributed by atoms with E-state index in [2.05, 4.69) is 20.4 Å². The molecule has 0 spiro atoms. The van der Waals surface area contributed by atoms with Crippen molar-refractivity contribution in [3.63, 3.8) is 0 Å². The molecule has 9 heteroatoms. The molecule has 0 radical (unpaired) electrons. The van der Waals surface area contributed by atoms with E-state index < -0.39 is 24.0 Å². The Balaban J connectivity index is 2.19. The Labute approximate surface area is 190 Å². The quantitative estimate of drug-likeness (QED) is 0.360. The van der Waals surface area contributed by atoms with Gasteiger partial charge in [-0.05, 0) is 49.2 Å². The van der Waals surface area contributed by atoms with E-state index in [9.17, 15) is 23.4 Å². The molecule has 3 aromatic rings. The second-order valence-corrected chi connectivity index (χ2v) is 7.91. The zero-order valence-electron chi connectivity index (χ0n) is 18.2. The highest BCUT2D eigenvalue weighted by Crippen LogP contribution is 2.36. The molecule has 0 amide bonds. The Morgan fingerprint density at radius 3 is 2.33 bits per heavy atom. The summed E-state index contributed by atoms with van der Waals surface area (Å²) in [6.45, 7) is 3.70. The molecule has 0 bridgehead atoms. The van der Waals surface area contributed by atoms with Crippen molar-refractivity contribution in [1.82, 2.24) is 15.6 Å². The summed E-state index contributed by atoms with van der Waals surface area (Å²) in [6.07, 6.45) is -4.60. The van der Waals surface area contributed by atoms with Crippen LogP contribution in [0.5, 0.6) is 11.5 Å². The maximum Gasteiger partial charge on any atom is 0.573 e. The van der Waals surface area contributed by atoms with E-state index >= 15 is 0 Å². The smallest absolute Gasteiger partial charge is 0.506 e. The normalized spacial score (nSPS) is 14.6. The molecule has 1 unspecified atom stereocenters. The van der Waals surface area contributed by atoms with Crippen LogP contribution < -0.4 is 15.4 Å². The van der Waals surface area contributed by atoms with E-state index in [1.165, 1.54) is 30.5 Å². The molecule has 1 aromatic heterocycles. The monoisotopic (exact) mass is 461 g/mol. The van der Waals surface area contributed by atoms with Gasteiger partial charge in [0, 0.05) is 12.5 Å². The van der Waals surface area contributed by atoms with Crippen LogP contribution in [0, 0.1) is 0 Å². The number of hydrogen-bond acceptors (Lipinski definition) is 6. The summed E-state index contributed by atoms with van der Waals surface area (Å²) in [6, 6.07) is 17.7. The zero-order chi connectivity index (χ0) is 24.1. The van der Waals surface area contributed by atoms with E-state index in [0.717, 1.165) is 5.56 Å². The number of aliphatic hydroxyl groups is 1. The number of aromatic nitrogens is 1. The molecular formula is C24H26F3N3O3. The summed E-state index contributed by atoms with van der Waals surface area (Å²) >= 11 is 0. The van der Waals surface area contributed by atoms with Crippen molar-refractivity contribution < 1.29 is 28.1 Å². The van der Waals surface area contributed by atoms with Gasteiger partial charge in [-0.3, -0.25) is 15.6 Å². The van der Waals surface area contributed by atoms with Crippen molar-refractivity contribution in [3.05, 3.63) is 89.7 Å². The molecule has 0 aliphatic rings. The highest BCUT2D eigenvalue weighted by atomic mass is 19.4. The Morgan fingerprint density at radius 2 is 1.73 bits per heavy atom. The number of alkyl halides is 3. The topological polar surface area (TPSA) is 86.6 Å².